The van der Waals surface area contributed by atoms with Crippen molar-refractivity contribution in [3.63, 3.8) is 0 Å². The summed E-state index contributed by atoms with van der Waals surface area (Å²) in [6.45, 7) is 4.50. The summed E-state index contributed by atoms with van der Waals surface area (Å²) < 4.78 is 5.94. The molecule has 0 atom stereocenters. The van der Waals surface area contributed by atoms with Crippen molar-refractivity contribution < 1.29 is 4.43 Å². The van der Waals surface area contributed by atoms with E-state index in [-0.39, 0.29) is 0 Å². The van der Waals surface area contributed by atoms with Crippen LogP contribution in [0, 0.1) is 0 Å². The van der Waals surface area contributed by atoms with Crippen LogP contribution in [-0.2, 0) is 4.43 Å². The molecular formula is C13H22OSi. The van der Waals surface area contributed by atoms with Crippen LogP contribution in [0.4, 0.5) is 0 Å². The zero-order chi connectivity index (χ0) is 11.1. The smallest absolute Gasteiger partial charge is 0.223 e. The van der Waals surface area contributed by atoms with Gasteiger partial charge in [0.25, 0.3) is 0 Å². The van der Waals surface area contributed by atoms with Gasteiger partial charge in [-0.15, -0.1) is 0 Å². The van der Waals surface area contributed by atoms with Gasteiger partial charge in [0.1, 0.15) is 0 Å². The van der Waals surface area contributed by atoms with Crippen LogP contribution < -0.4 is 5.19 Å². The monoisotopic (exact) mass is 222 g/mol. The highest BCUT2D eigenvalue weighted by Gasteiger charge is 2.33. The highest BCUT2D eigenvalue weighted by atomic mass is 28.4. The van der Waals surface area contributed by atoms with E-state index in [9.17, 15) is 0 Å². The van der Waals surface area contributed by atoms with Gasteiger partial charge in [0, 0.05) is 7.11 Å². The van der Waals surface area contributed by atoms with E-state index in [4.69, 9.17) is 4.43 Å². The fourth-order valence-corrected chi connectivity index (χ4v) is 6.17. The largest absolute Gasteiger partial charge is 0.415 e. The molecule has 2 heteroatoms. The van der Waals surface area contributed by atoms with Gasteiger partial charge >= 0.3 is 0 Å². The molecule has 1 aromatic rings. The van der Waals surface area contributed by atoms with Gasteiger partial charge in [0.15, 0.2) is 0 Å². The fraction of sp³-hybridized carbons (Fsp3) is 0.538. The second-order valence-electron chi connectivity index (χ2n) is 4.06. The zero-order valence-corrected chi connectivity index (χ0v) is 11.1. The Morgan fingerprint density at radius 3 is 1.93 bits per heavy atom. The summed E-state index contributed by atoms with van der Waals surface area (Å²) >= 11 is 0. The Kier molecular flexibility index (Phi) is 5.06. The van der Waals surface area contributed by atoms with Crippen molar-refractivity contribution in [2.75, 3.05) is 7.11 Å². The zero-order valence-electron chi connectivity index (χ0n) is 10.1. The molecule has 0 amide bonds. The Morgan fingerprint density at radius 1 is 1.00 bits per heavy atom. The van der Waals surface area contributed by atoms with Crippen LogP contribution in [0.5, 0.6) is 0 Å². The summed E-state index contributed by atoms with van der Waals surface area (Å²) in [5.41, 5.74) is 0. The Hall–Kier alpha value is -0.603. The summed E-state index contributed by atoms with van der Waals surface area (Å²) in [7, 11) is 0.248. The molecule has 0 aromatic heterocycles. The second kappa shape index (κ2) is 6.08. The van der Waals surface area contributed by atoms with E-state index in [1.54, 1.807) is 0 Å². The van der Waals surface area contributed by atoms with Crippen molar-refractivity contribution in [1.82, 2.24) is 0 Å². The summed E-state index contributed by atoms with van der Waals surface area (Å²) in [5.74, 6) is 0. The third kappa shape index (κ3) is 2.92. The van der Waals surface area contributed by atoms with E-state index in [1.807, 2.05) is 7.11 Å². The number of hydrogen-bond donors (Lipinski definition) is 0. The van der Waals surface area contributed by atoms with Crippen LogP contribution in [0.2, 0.25) is 12.1 Å². The van der Waals surface area contributed by atoms with Crippen molar-refractivity contribution in [1.29, 1.82) is 0 Å². The van der Waals surface area contributed by atoms with Gasteiger partial charge in [0.2, 0.25) is 8.32 Å². The van der Waals surface area contributed by atoms with Gasteiger partial charge in [-0.1, -0.05) is 57.0 Å². The third-order valence-electron chi connectivity index (χ3n) is 3.00. The first kappa shape index (κ1) is 12.5. The molecule has 1 rings (SSSR count). The molecule has 0 heterocycles. The topological polar surface area (TPSA) is 9.23 Å². The van der Waals surface area contributed by atoms with Crippen LogP contribution in [0.15, 0.2) is 30.3 Å². The minimum Gasteiger partial charge on any atom is -0.415 e. The molecular weight excluding hydrogens is 200 g/mol. The van der Waals surface area contributed by atoms with Crippen LogP contribution in [0.1, 0.15) is 26.7 Å². The Labute approximate surface area is 94.6 Å². The maximum absolute atomic E-state index is 5.94. The molecule has 0 aliphatic carbocycles. The first-order chi connectivity index (χ1) is 7.29. The van der Waals surface area contributed by atoms with Crippen molar-refractivity contribution in [2.24, 2.45) is 0 Å². The Balaban J connectivity index is 2.97. The van der Waals surface area contributed by atoms with E-state index in [0.29, 0.717) is 0 Å². The van der Waals surface area contributed by atoms with Crippen LogP contribution in [0.25, 0.3) is 0 Å². The molecule has 1 aromatic carbocycles. The molecule has 0 aliphatic rings. The van der Waals surface area contributed by atoms with Gasteiger partial charge in [-0.2, -0.15) is 0 Å². The van der Waals surface area contributed by atoms with Gasteiger partial charge in [-0.25, -0.2) is 0 Å². The van der Waals surface area contributed by atoms with E-state index < -0.39 is 8.32 Å². The molecule has 0 spiro atoms. The van der Waals surface area contributed by atoms with Crippen molar-refractivity contribution in [3.8, 4) is 0 Å². The van der Waals surface area contributed by atoms with Crippen molar-refractivity contribution in [3.05, 3.63) is 30.3 Å². The fourth-order valence-electron chi connectivity index (χ4n) is 2.29. The van der Waals surface area contributed by atoms with Crippen molar-refractivity contribution >= 4 is 13.5 Å². The molecule has 0 saturated heterocycles. The summed E-state index contributed by atoms with van der Waals surface area (Å²) in [6, 6.07) is 13.3. The minimum absolute atomic E-state index is 1.22. The molecule has 0 unspecified atom stereocenters. The van der Waals surface area contributed by atoms with Crippen LogP contribution in [-0.4, -0.2) is 15.4 Å². The summed E-state index contributed by atoms with van der Waals surface area (Å²) in [5, 5.41) is 1.45. The minimum atomic E-state index is -1.65. The normalized spacial score (nSPS) is 11.7. The molecule has 84 valence electrons. The standard InChI is InChI=1S/C13H22OSi/c1-4-11-15(14-3,12-5-2)13-9-7-6-8-10-13/h6-10H,4-5,11-12H2,1-3H3. The molecule has 0 saturated carbocycles. The average Bonchev–Trinajstić information content (AvgIpc) is 2.30. The van der Waals surface area contributed by atoms with E-state index in [2.05, 4.69) is 44.2 Å². The first-order valence-electron chi connectivity index (χ1n) is 5.89. The highest BCUT2D eigenvalue weighted by molar-refractivity contribution is 6.86. The quantitative estimate of drug-likeness (QED) is 0.671. The van der Waals surface area contributed by atoms with Crippen LogP contribution in [0.3, 0.4) is 0 Å². The third-order valence-corrected chi connectivity index (χ3v) is 7.78. The van der Waals surface area contributed by atoms with E-state index in [0.717, 1.165) is 0 Å². The molecule has 0 aliphatic heterocycles. The maximum Gasteiger partial charge on any atom is 0.223 e. The number of benzene rings is 1. The Morgan fingerprint density at radius 2 is 1.53 bits per heavy atom. The van der Waals surface area contributed by atoms with Crippen molar-refractivity contribution in [2.45, 2.75) is 38.8 Å². The number of hydrogen-bond acceptors (Lipinski definition) is 1. The maximum atomic E-state index is 5.94. The number of rotatable bonds is 6. The average molecular weight is 222 g/mol. The van der Waals surface area contributed by atoms with Gasteiger partial charge in [-0.05, 0) is 17.3 Å². The van der Waals surface area contributed by atoms with Gasteiger partial charge in [0.05, 0.1) is 0 Å². The lowest BCUT2D eigenvalue weighted by molar-refractivity contribution is 0.400. The van der Waals surface area contributed by atoms with Gasteiger partial charge < -0.3 is 4.43 Å². The molecule has 1 nitrogen and oxygen atoms in total. The van der Waals surface area contributed by atoms with E-state index >= 15 is 0 Å². The second-order valence-corrected chi connectivity index (χ2v) is 8.04. The lowest BCUT2D eigenvalue weighted by atomic mass is 10.4. The summed E-state index contributed by atoms with van der Waals surface area (Å²) in [6.07, 6.45) is 2.43. The lowest BCUT2D eigenvalue weighted by Crippen LogP contribution is -2.49. The predicted octanol–water partition coefficient (Wildman–Crippen LogP) is 3.31. The van der Waals surface area contributed by atoms with Gasteiger partial charge in [-0.3, -0.25) is 0 Å². The molecule has 15 heavy (non-hydrogen) atoms. The van der Waals surface area contributed by atoms with Crippen LogP contribution >= 0.6 is 0 Å². The lowest BCUT2D eigenvalue weighted by Gasteiger charge is -2.29. The summed E-state index contributed by atoms with van der Waals surface area (Å²) in [4.78, 5) is 0. The first-order valence-corrected chi connectivity index (χ1v) is 8.22. The SMILES string of the molecule is CCC[Si](CCC)(OC)c1ccccc1. The molecule has 0 bridgehead atoms. The predicted molar refractivity (Wildman–Crippen MR) is 69.0 cm³/mol. The molecule has 0 radical (unpaired) electrons. The molecule has 0 fully saturated rings. The highest BCUT2D eigenvalue weighted by Crippen LogP contribution is 2.20. The molecule has 0 N–H and O–H groups in total. The van der Waals surface area contributed by atoms with E-state index in [1.165, 1.54) is 30.1 Å². The Bertz CT molecular complexity index is 265.